The Balaban J connectivity index is 2.35. The molecule has 0 radical (unpaired) electrons. The second-order valence-electron chi connectivity index (χ2n) is 16.2. The van der Waals surface area contributed by atoms with Crippen LogP contribution in [0.3, 0.4) is 0 Å². The lowest BCUT2D eigenvalue weighted by Gasteiger charge is -2.14. The Morgan fingerprint density at radius 2 is 0.490 bits per heavy atom. The van der Waals surface area contributed by atoms with Gasteiger partial charge in [0.05, 0.1) is 0 Å². The van der Waals surface area contributed by atoms with Crippen molar-refractivity contribution in [2.75, 3.05) is 0 Å². The number of phenols is 1. The third-order valence-corrected chi connectivity index (χ3v) is 11.2. The fraction of sp³-hybridized carbons (Fsp3) is 0.875. The summed E-state index contributed by atoms with van der Waals surface area (Å²) in [5.74, 6) is 0.641. The molecule has 0 aliphatic rings. The maximum absolute atomic E-state index is 11.3. The van der Waals surface area contributed by atoms with E-state index in [4.69, 9.17) is 0 Å². The standard InChI is InChI=1S/C48H90O/c1-4-7-10-13-16-19-22-23-24-25-26-27-28-31-34-37-40-45-43-46(41-38-35-32-29-20-17-14-11-8-5-2)48(49)47(44-45)42-39-36-33-30-21-18-15-12-9-6-3/h43-44,49H,4-42H2,1-3H3. The number of aromatic hydroxyl groups is 1. The van der Waals surface area contributed by atoms with Crippen LogP contribution in [0.1, 0.15) is 269 Å². The molecule has 49 heavy (non-hydrogen) atoms. The van der Waals surface area contributed by atoms with Gasteiger partial charge in [0.1, 0.15) is 5.75 Å². The highest BCUT2D eigenvalue weighted by Crippen LogP contribution is 2.29. The monoisotopic (exact) mass is 683 g/mol. The first-order chi connectivity index (χ1) is 24.2. The molecule has 0 unspecified atom stereocenters. The van der Waals surface area contributed by atoms with Crippen molar-refractivity contribution >= 4 is 0 Å². The Morgan fingerprint density at radius 3 is 0.735 bits per heavy atom. The molecule has 0 bridgehead atoms. The van der Waals surface area contributed by atoms with Gasteiger partial charge < -0.3 is 5.11 Å². The molecular formula is C48H90O. The number of benzene rings is 1. The minimum Gasteiger partial charge on any atom is -0.507 e. The van der Waals surface area contributed by atoms with E-state index in [-0.39, 0.29) is 0 Å². The molecule has 0 spiro atoms. The van der Waals surface area contributed by atoms with E-state index < -0.39 is 0 Å². The number of hydrogen-bond acceptors (Lipinski definition) is 1. The first-order valence-electron chi connectivity index (χ1n) is 23.1. The van der Waals surface area contributed by atoms with Crippen LogP contribution in [0.5, 0.6) is 5.75 Å². The van der Waals surface area contributed by atoms with E-state index >= 15 is 0 Å². The number of hydrogen-bond donors (Lipinski definition) is 1. The minimum absolute atomic E-state index is 0.641. The third-order valence-electron chi connectivity index (χ3n) is 11.2. The lowest BCUT2D eigenvalue weighted by molar-refractivity contribution is 0.456. The summed E-state index contributed by atoms with van der Waals surface area (Å²) in [5, 5.41) is 11.3. The Kier molecular flexibility index (Phi) is 34.6. The summed E-state index contributed by atoms with van der Waals surface area (Å²) in [7, 11) is 0. The molecule has 0 amide bonds. The Morgan fingerprint density at radius 1 is 0.286 bits per heavy atom. The second-order valence-corrected chi connectivity index (χ2v) is 16.2. The van der Waals surface area contributed by atoms with Gasteiger partial charge in [-0.25, -0.2) is 0 Å². The number of unbranched alkanes of at least 4 members (excludes halogenated alkanes) is 33. The summed E-state index contributed by atoms with van der Waals surface area (Å²) in [6, 6.07) is 4.77. The van der Waals surface area contributed by atoms with E-state index in [1.807, 2.05) is 0 Å². The molecule has 1 aromatic rings. The molecule has 1 N–H and O–H groups in total. The van der Waals surface area contributed by atoms with Crippen LogP contribution >= 0.6 is 0 Å². The molecule has 0 aromatic heterocycles. The molecule has 0 saturated carbocycles. The van der Waals surface area contributed by atoms with Crippen LogP contribution in [0, 0.1) is 0 Å². The second kappa shape index (κ2) is 36.8. The van der Waals surface area contributed by atoms with Crippen LogP contribution in [-0.4, -0.2) is 5.11 Å². The first-order valence-corrected chi connectivity index (χ1v) is 23.1. The molecule has 0 fully saturated rings. The summed E-state index contributed by atoms with van der Waals surface area (Å²) in [5.41, 5.74) is 3.98. The predicted octanol–water partition coefficient (Wildman–Crippen LogP) is 17.1. The molecule has 0 aliphatic heterocycles. The lowest BCUT2D eigenvalue weighted by atomic mass is 9.93. The zero-order valence-electron chi connectivity index (χ0n) is 34.2. The summed E-state index contributed by atoms with van der Waals surface area (Å²) >= 11 is 0. The Labute approximate surface area is 310 Å². The fourth-order valence-corrected chi connectivity index (χ4v) is 7.84. The predicted molar refractivity (Wildman–Crippen MR) is 222 cm³/mol. The van der Waals surface area contributed by atoms with Crippen LogP contribution in [0.2, 0.25) is 0 Å². The highest BCUT2D eigenvalue weighted by atomic mass is 16.3. The van der Waals surface area contributed by atoms with Crippen LogP contribution in [0.4, 0.5) is 0 Å². The van der Waals surface area contributed by atoms with Crippen LogP contribution in [0.25, 0.3) is 0 Å². The Bertz CT molecular complexity index is 751. The van der Waals surface area contributed by atoms with E-state index in [0.717, 1.165) is 12.8 Å². The summed E-state index contributed by atoms with van der Waals surface area (Å²) in [6.45, 7) is 6.91. The van der Waals surface area contributed by atoms with Crippen LogP contribution in [-0.2, 0) is 19.3 Å². The highest BCUT2D eigenvalue weighted by molar-refractivity contribution is 5.44. The van der Waals surface area contributed by atoms with Gasteiger partial charge in [0.15, 0.2) is 0 Å². The molecule has 288 valence electrons. The molecule has 1 heteroatoms. The van der Waals surface area contributed by atoms with Gasteiger partial charge in [-0.1, -0.05) is 245 Å². The summed E-state index contributed by atoms with van der Waals surface area (Å²) < 4.78 is 0. The van der Waals surface area contributed by atoms with Crippen molar-refractivity contribution in [1.29, 1.82) is 0 Å². The molecule has 0 atom stereocenters. The van der Waals surface area contributed by atoms with Gasteiger partial charge >= 0.3 is 0 Å². The van der Waals surface area contributed by atoms with E-state index in [0.29, 0.717) is 5.75 Å². The van der Waals surface area contributed by atoms with Gasteiger partial charge in [0.25, 0.3) is 0 Å². The maximum Gasteiger partial charge on any atom is 0.121 e. The van der Waals surface area contributed by atoms with Crippen LogP contribution in [0.15, 0.2) is 12.1 Å². The van der Waals surface area contributed by atoms with Gasteiger partial charge in [-0.3, -0.25) is 0 Å². The summed E-state index contributed by atoms with van der Waals surface area (Å²) in [4.78, 5) is 0. The zero-order valence-corrected chi connectivity index (χ0v) is 34.2. The van der Waals surface area contributed by atoms with E-state index in [1.165, 1.54) is 254 Å². The van der Waals surface area contributed by atoms with Gasteiger partial charge in [0.2, 0.25) is 0 Å². The summed E-state index contributed by atoms with van der Waals surface area (Å²) in [6.07, 6.45) is 53.5. The van der Waals surface area contributed by atoms with E-state index in [1.54, 1.807) is 0 Å². The molecule has 1 aromatic carbocycles. The number of rotatable bonds is 39. The molecule has 0 heterocycles. The highest BCUT2D eigenvalue weighted by Gasteiger charge is 2.11. The smallest absolute Gasteiger partial charge is 0.121 e. The largest absolute Gasteiger partial charge is 0.507 e. The minimum atomic E-state index is 0.641. The van der Waals surface area contributed by atoms with Crippen molar-refractivity contribution in [3.63, 3.8) is 0 Å². The van der Waals surface area contributed by atoms with E-state index in [9.17, 15) is 5.11 Å². The van der Waals surface area contributed by atoms with Crippen molar-refractivity contribution in [2.45, 2.75) is 271 Å². The zero-order chi connectivity index (χ0) is 35.3. The Hall–Kier alpha value is -0.980. The topological polar surface area (TPSA) is 20.2 Å². The van der Waals surface area contributed by atoms with Crippen molar-refractivity contribution < 1.29 is 5.11 Å². The van der Waals surface area contributed by atoms with Crippen molar-refractivity contribution in [3.05, 3.63) is 28.8 Å². The van der Waals surface area contributed by atoms with Crippen molar-refractivity contribution in [2.24, 2.45) is 0 Å². The molecule has 0 saturated heterocycles. The third kappa shape index (κ3) is 29.3. The number of phenolic OH excluding ortho intramolecular Hbond substituents is 1. The molecule has 1 rings (SSSR count). The van der Waals surface area contributed by atoms with Gasteiger partial charge in [-0.2, -0.15) is 0 Å². The van der Waals surface area contributed by atoms with Crippen molar-refractivity contribution in [3.8, 4) is 5.75 Å². The molecular weight excluding hydrogens is 593 g/mol. The molecule has 1 nitrogen and oxygen atoms in total. The normalized spacial score (nSPS) is 11.6. The SMILES string of the molecule is CCCCCCCCCCCCCCCCCCc1cc(CCCCCCCCCCCC)c(O)c(CCCCCCCCCCCC)c1. The average Bonchev–Trinajstić information content (AvgIpc) is 3.11. The first kappa shape index (κ1) is 46.0. The molecule has 0 aliphatic carbocycles. The van der Waals surface area contributed by atoms with Crippen molar-refractivity contribution in [1.82, 2.24) is 0 Å². The fourth-order valence-electron chi connectivity index (χ4n) is 7.84. The maximum atomic E-state index is 11.3. The quantitative estimate of drug-likeness (QED) is 0.0685. The average molecular weight is 683 g/mol. The lowest BCUT2D eigenvalue weighted by Crippen LogP contribution is -1.98. The van der Waals surface area contributed by atoms with Crippen LogP contribution < -0.4 is 0 Å². The van der Waals surface area contributed by atoms with E-state index in [2.05, 4.69) is 32.9 Å². The van der Waals surface area contributed by atoms with Gasteiger partial charge in [-0.15, -0.1) is 0 Å². The van der Waals surface area contributed by atoms with Gasteiger partial charge in [0, 0.05) is 0 Å². The van der Waals surface area contributed by atoms with Gasteiger partial charge in [-0.05, 0) is 55.2 Å². The number of aryl methyl sites for hydroxylation is 3.